The number of ether oxygens (including phenoxy) is 1. The fourth-order valence-electron chi connectivity index (χ4n) is 2.40. The molecule has 24 heavy (non-hydrogen) atoms. The highest BCUT2D eigenvalue weighted by Crippen LogP contribution is 2.38. The Hall–Kier alpha value is -2.51. The Morgan fingerprint density at radius 2 is 2.04 bits per heavy atom. The van der Waals surface area contributed by atoms with Gasteiger partial charge in [0.25, 0.3) is 5.91 Å². The van der Waals surface area contributed by atoms with E-state index in [0.717, 1.165) is 12.1 Å². The zero-order valence-electron chi connectivity index (χ0n) is 13.1. The maximum atomic E-state index is 12.9. The third-order valence-electron chi connectivity index (χ3n) is 3.73. The molecule has 1 aliphatic heterocycles. The van der Waals surface area contributed by atoms with E-state index in [4.69, 9.17) is 9.26 Å². The summed E-state index contributed by atoms with van der Waals surface area (Å²) in [6.45, 7) is 4.11. The fraction of sp³-hybridized carbons (Fsp3) is 0.375. The van der Waals surface area contributed by atoms with Gasteiger partial charge in [0.05, 0.1) is 23.5 Å². The van der Waals surface area contributed by atoms with Crippen LogP contribution in [0.15, 0.2) is 28.8 Å². The smallest absolute Gasteiger partial charge is 0.416 e. The van der Waals surface area contributed by atoms with E-state index in [1.807, 2.05) is 13.8 Å². The fourth-order valence-corrected chi connectivity index (χ4v) is 2.40. The highest BCUT2D eigenvalue weighted by atomic mass is 19.4. The molecule has 1 amide bonds. The summed E-state index contributed by atoms with van der Waals surface area (Å²) in [7, 11) is 0. The second-order valence-corrected chi connectivity index (χ2v) is 5.76. The Balaban J connectivity index is 1.97. The van der Waals surface area contributed by atoms with Crippen molar-refractivity contribution in [2.45, 2.75) is 25.9 Å². The van der Waals surface area contributed by atoms with Crippen LogP contribution in [0, 0.1) is 0 Å². The van der Waals surface area contributed by atoms with Gasteiger partial charge in [-0.2, -0.15) is 13.2 Å². The van der Waals surface area contributed by atoms with Crippen molar-refractivity contribution in [2.75, 3.05) is 18.1 Å². The molecular weight excluding hydrogens is 325 g/mol. The molecule has 5 nitrogen and oxygen atoms in total. The molecule has 0 saturated heterocycles. The van der Waals surface area contributed by atoms with Gasteiger partial charge in [0.1, 0.15) is 12.4 Å². The summed E-state index contributed by atoms with van der Waals surface area (Å²) in [5, 5.41) is 3.81. The van der Waals surface area contributed by atoms with Gasteiger partial charge in [0.15, 0.2) is 0 Å². The van der Waals surface area contributed by atoms with Crippen LogP contribution in [-0.4, -0.2) is 24.2 Å². The van der Waals surface area contributed by atoms with E-state index in [-0.39, 0.29) is 36.3 Å². The molecule has 1 aromatic heterocycles. The average Bonchev–Trinajstić information content (AvgIpc) is 3.02. The third-order valence-corrected chi connectivity index (χ3v) is 3.73. The molecule has 0 spiro atoms. The number of alkyl halides is 3. The van der Waals surface area contributed by atoms with Crippen molar-refractivity contribution in [3.63, 3.8) is 0 Å². The Morgan fingerprint density at radius 3 is 2.67 bits per heavy atom. The highest BCUT2D eigenvalue weighted by Gasteiger charge is 2.34. The summed E-state index contributed by atoms with van der Waals surface area (Å²) >= 11 is 0. The van der Waals surface area contributed by atoms with Gasteiger partial charge in [-0.05, 0) is 24.1 Å². The summed E-state index contributed by atoms with van der Waals surface area (Å²) in [5.74, 6) is -0.252. The number of hydrogen-bond donors (Lipinski definition) is 0. The van der Waals surface area contributed by atoms with Crippen molar-refractivity contribution in [1.82, 2.24) is 5.16 Å². The maximum Gasteiger partial charge on any atom is 0.416 e. The number of halogens is 3. The first-order chi connectivity index (χ1) is 11.3. The first-order valence-electron chi connectivity index (χ1n) is 7.40. The largest absolute Gasteiger partial charge is 0.490 e. The monoisotopic (exact) mass is 340 g/mol. The lowest BCUT2D eigenvalue weighted by Crippen LogP contribution is -2.38. The number of fused-ring (bicyclic) bond motifs is 1. The van der Waals surface area contributed by atoms with Crippen LogP contribution < -0.4 is 9.64 Å². The van der Waals surface area contributed by atoms with Crippen LogP contribution in [0.2, 0.25) is 0 Å². The van der Waals surface area contributed by atoms with Gasteiger partial charge in [0.2, 0.25) is 5.76 Å². The second kappa shape index (κ2) is 5.85. The Morgan fingerprint density at radius 1 is 1.29 bits per heavy atom. The molecule has 0 radical (unpaired) electrons. The molecule has 8 heteroatoms. The lowest BCUT2D eigenvalue weighted by atomic mass is 10.1. The number of carbonyl (C=O) groups excluding carboxylic acids is 1. The van der Waals surface area contributed by atoms with Crippen molar-refractivity contribution >= 4 is 11.6 Å². The standard InChI is InChI=1S/C16H15F3N2O3/c1-9(2)11-8-14(24-20-11)15(22)21-5-6-23-13-4-3-10(7-12(13)21)16(17,18)19/h3-4,7-9H,5-6H2,1-2H3. The van der Waals surface area contributed by atoms with Crippen molar-refractivity contribution in [1.29, 1.82) is 0 Å². The van der Waals surface area contributed by atoms with Gasteiger partial charge >= 0.3 is 6.18 Å². The van der Waals surface area contributed by atoms with E-state index in [1.54, 1.807) is 0 Å². The number of hydrogen-bond acceptors (Lipinski definition) is 4. The Bertz CT molecular complexity index is 768. The van der Waals surface area contributed by atoms with Gasteiger partial charge in [-0.25, -0.2) is 0 Å². The minimum Gasteiger partial charge on any atom is -0.490 e. The number of nitrogens with zero attached hydrogens (tertiary/aromatic N) is 2. The number of benzene rings is 1. The van der Waals surface area contributed by atoms with Crippen LogP contribution in [0.5, 0.6) is 5.75 Å². The number of aromatic nitrogens is 1. The summed E-state index contributed by atoms with van der Waals surface area (Å²) < 4.78 is 49.2. The first kappa shape index (κ1) is 16.4. The Labute approximate surface area is 136 Å². The van der Waals surface area contributed by atoms with E-state index >= 15 is 0 Å². The van der Waals surface area contributed by atoms with Crippen LogP contribution in [0.4, 0.5) is 18.9 Å². The predicted octanol–water partition coefficient (Wildman–Crippen LogP) is 3.86. The van der Waals surface area contributed by atoms with Crippen LogP contribution in [0.3, 0.4) is 0 Å². The number of amides is 1. The van der Waals surface area contributed by atoms with Gasteiger partial charge in [0, 0.05) is 6.07 Å². The molecule has 0 atom stereocenters. The third kappa shape index (κ3) is 2.95. The SMILES string of the molecule is CC(C)c1cc(C(=O)N2CCOc3ccc(C(F)(F)F)cc32)on1. The van der Waals surface area contributed by atoms with E-state index in [1.165, 1.54) is 17.0 Å². The zero-order chi connectivity index (χ0) is 17.5. The van der Waals surface area contributed by atoms with E-state index in [0.29, 0.717) is 5.69 Å². The summed E-state index contributed by atoms with van der Waals surface area (Å²) in [5.41, 5.74) is -0.163. The second-order valence-electron chi connectivity index (χ2n) is 5.76. The maximum absolute atomic E-state index is 12.9. The minimum atomic E-state index is -4.50. The Kier molecular flexibility index (Phi) is 3.98. The van der Waals surface area contributed by atoms with Crippen molar-refractivity contribution in [2.24, 2.45) is 0 Å². The number of carbonyl (C=O) groups is 1. The number of rotatable bonds is 2. The van der Waals surface area contributed by atoms with E-state index in [2.05, 4.69) is 5.16 Å². The molecule has 0 aliphatic carbocycles. The van der Waals surface area contributed by atoms with Gasteiger partial charge < -0.3 is 9.26 Å². The molecule has 0 N–H and O–H groups in total. The molecule has 2 aromatic rings. The molecule has 2 heterocycles. The van der Waals surface area contributed by atoms with Crippen LogP contribution in [0.1, 0.15) is 41.6 Å². The van der Waals surface area contributed by atoms with Gasteiger partial charge in [-0.3, -0.25) is 9.69 Å². The van der Waals surface area contributed by atoms with Gasteiger partial charge in [-0.1, -0.05) is 19.0 Å². The van der Waals surface area contributed by atoms with E-state index in [9.17, 15) is 18.0 Å². The molecule has 0 fully saturated rings. The molecule has 0 bridgehead atoms. The summed E-state index contributed by atoms with van der Waals surface area (Å²) in [4.78, 5) is 13.8. The normalized spacial score (nSPS) is 14.5. The van der Waals surface area contributed by atoms with Crippen LogP contribution in [0.25, 0.3) is 0 Å². The zero-order valence-corrected chi connectivity index (χ0v) is 13.1. The minimum absolute atomic E-state index is 0.0102. The molecule has 3 rings (SSSR count). The topological polar surface area (TPSA) is 55.6 Å². The van der Waals surface area contributed by atoms with Gasteiger partial charge in [-0.15, -0.1) is 0 Å². The molecular formula is C16H15F3N2O3. The van der Waals surface area contributed by atoms with Crippen LogP contribution in [-0.2, 0) is 6.18 Å². The predicted molar refractivity (Wildman–Crippen MR) is 79.2 cm³/mol. The summed E-state index contributed by atoms with van der Waals surface area (Å²) in [6, 6.07) is 4.57. The molecule has 1 aliphatic rings. The lowest BCUT2D eigenvalue weighted by molar-refractivity contribution is -0.137. The van der Waals surface area contributed by atoms with Crippen molar-refractivity contribution in [3.8, 4) is 5.75 Å². The highest BCUT2D eigenvalue weighted by molar-refractivity contribution is 6.05. The average molecular weight is 340 g/mol. The summed E-state index contributed by atoms with van der Waals surface area (Å²) in [6.07, 6.45) is -4.50. The molecule has 0 saturated carbocycles. The lowest BCUT2D eigenvalue weighted by Gasteiger charge is -2.29. The molecule has 1 aromatic carbocycles. The number of anilines is 1. The first-order valence-corrected chi connectivity index (χ1v) is 7.40. The quantitative estimate of drug-likeness (QED) is 0.833. The van der Waals surface area contributed by atoms with E-state index < -0.39 is 17.6 Å². The molecule has 0 unspecified atom stereocenters. The molecule has 128 valence electrons. The van der Waals surface area contributed by atoms with Crippen molar-refractivity contribution in [3.05, 3.63) is 41.3 Å². The van der Waals surface area contributed by atoms with Crippen molar-refractivity contribution < 1.29 is 27.2 Å². The van der Waals surface area contributed by atoms with Crippen LogP contribution >= 0.6 is 0 Å².